The molecule has 0 atom stereocenters. The first kappa shape index (κ1) is 15.0. The van der Waals surface area contributed by atoms with E-state index in [9.17, 15) is 9.59 Å². The molecule has 3 aromatic rings. The van der Waals surface area contributed by atoms with Gasteiger partial charge in [-0.3, -0.25) is 9.20 Å². The smallest absolute Gasteiger partial charge is 0.341 e. The molecule has 0 unspecified atom stereocenters. The average Bonchev–Trinajstić information content (AvgIpc) is 2.94. The van der Waals surface area contributed by atoms with Crippen molar-refractivity contribution in [2.45, 2.75) is 6.61 Å². The number of rotatable bonds is 3. The molecule has 1 aromatic carbocycles. The van der Waals surface area contributed by atoms with Gasteiger partial charge in [-0.15, -0.1) is 11.3 Å². The quantitative estimate of drug-likeness (QED) is 0.676. The summed E-state index contributed by atoms with van der Waals surface area (Å²) >= 11 is 13.2. The number of carbonyl (C=O) groups excluding carboxylic acids is 1. The van der Waals surface area contributed by atoms with Crippen LogP contribution in [0.15, 0.2) is 40.6 Å². The molecule has 0 bridgehead atoms. The van der Waals surface area contributed by atoms with E-state index < -0.39 is 5.97 Å². The molecule has 2 heterocycles. The van der Waals surface area contributed by atoms with Crippen molar-refractivity contribution < 1.29 is 9.53 Å². The molecule has 2 aromatic heterocycles. The van der Waals surface area contributed by atoms with E-state index in [-0.39, 0.29) is 27.8 Å². The van der Waals surface area contributed by atoms with Gasteiger partial charge in [0.1, 0.15) is 6.61 Å². The van der Waals surface area contributed by atoms with Crippen LogP contribution in [0.25, 0.3) is 4.96 Å². The summed E-state index contributed by atoms with van der Waals surface area (Å²) in [5.41, 5.74) is 0.233. The van der Waals surface area contributed by atoms with Crippen LogP contribution in [0, 0.1) is 0 Å². The van der Waals surface area contributed by atoms with Crippen molar-refractivity contribution in [3.05, 3.63) is 67.5 Å². The second-order valence-corrected chi connectivity index (χ2v) is 6.00. The monoisotopic (exact) mass is 354 g/mol. The number of halogens is 2. The summed E-state index contributed by atoms with van der Waals surface area (Å²) in [7, 11) is 0. The number of ether oxygens (including phenoxy) is 1. The summed E-state index contributed by atoms with van der Waals surface area (Å²) in [5.74, 6) is -0.663. The zero-order valence-electron chi connectivity index (χ0n) is 11.0. The van der Waals surface area contributed by atoms with Crippen LogP contribution >= 0.6 is 34.5 Å². The van der Waals surface area contributed by atoms with Crippen LogP contribution < -0.4 is 5.56 Å². The molecular weight excluding hydrogens is 347 g/mol. The van der Waals surface area contributed by atoms with Crippen LogP contribution in [0.3, 0.4) is 0 Å². The van der Waals surface area contributed by atoms with E-state index in [0.717, 1.165) is 0 Å². The Labute approximate surface area is 138 Å². The normalized spacial score (nSPS) is 10.8. The number of aromatic nitrogens is 2. The van der Waals surface area contributed by atoms with Gasteiger partial charge < -0.3 is 4.74 Å². The minimum atomic E-state index is -0.663. The van der Waals surface area contributed by atoms with Crippen molar-refractivity contribution in [1.29, 1.82) is 0 Å². The maximum absolute atomic E-state index is 12.1. The van der Waals surface area contributed by atoms with Crippen LogP contribution in [-0.4, -0.2) is 15.4 Å². The molecule has 0 aliphatic rings. The maximum Gasteiger partial charge on any atom is 0.341 e. The first-order valence-electron chi connectivity index (χ1n) is 6.13. The molecule has 0 radical (unpaired) electrons. The second kappa shape index (κ2) is 6.08. The lowest BCUT2D eigenvalue weighted by molar-refractivity contribution is 0.0468. The first-order chi connectivity index (χ1) is 10.6. The Kier molecular flexibility index (Phi) is 4.15. The van der Waals surface area contributed by atoms with Crippen LogP contribution in [0.4, 0.5) is 0 Å². The Morgan fingerprint density at radius 2 is 2.05 bits per heavy atom. The highest BCUT2D eigenvalue weighted by Crippen LogP contribution is 2.25. The van der Waals surface area contributed by atoms with E-state index in [1.165, 1.54) is 21.8 Å². The molecule has 0 N–H and O–H groups in total. The van der Waals surface area contributed by atoms with Gasteiger partial charge in [0.15, 0.2) is 4.96 Å². The number of esters is 1. The highest BCUT2D eigenvalue weighted by molar-refractivity contribution is 7.15. The number of benzene rings is 1. The Bertz CT molecular complexity index is 900. The summed E-state index contributed by atoms with van der Waals surface area (Å²) in [5, 5.41) is 2.17. The van der Waals surface area contributed by atoms with Gasteiger partial charge in [-0.1, -0.05) is 29.3 Å². The largest absolute Gasteiger partial charge is 0.455 e. The summed E-state index contributed by atoms with van der Waals surface area (Å²) in [4.78, 5) is 28.7. The Balaban J connectivity index is 1.82. The molecular formula is C14H8Cl2N2O3S. The fraction of sp³-hybridized carbons (Fsp3) is 0.0714. The van der Waals surface area contributed by atoms with E-state index in [2.05, 4.69) is 4.98 Å². The molecule has 0 spiro atoms. The van der Waals surface area contributed by atoms with Crippen molar-refractivity contribution in [2.75, 3.05) is 0 Å². The van der Waals surface area contributed by atoms with E-state index in [0.29, 0.717) is 10.7 Å². The zero-order valence-corrected chi connectivity index (χ0v) is 13.3. The summed E-state index contributed by atoms with van der Waals surface area (Å²) in [6, 6.07) is 6.05. The molecule has 5 nitrogen and oxygen atoms in total. The van der Waals surface area contributed by atoms with Gasteiger partial charge >= 0.3 is 5.97 Å². The third kappa shape index (κ3) is 2.85. The van der Waals surface area contributed by atoms with Crippen molar-refractivity contribution in [2.24, 2.45) is 0 Å². The molecule has 3 rings (SSSR count). The first-order valence-corrected chi connectivity index (χ1v) is 7.77. The summed E-state index contributed by atoms with van der Waals surface area (Å²) in [6.45, 7) is -0.135. The molecule has 0 amide bonds. The van der Waals surface area contributed by atoms with Crippen molar-refractivity contribution in [3.63, 3.8) is 0 Å². The SMILES string of the molecule is O=C(OCc1cc(=O)n2ccsc2n1)c1c(Cl)cccc1Cl. The number of thiazole rings is 1. The summed E-state index contributed by atoms with van der Waals surface area (Å²) in [6.07, 6.45) is 1.63. The lowest BCUT2D eigenvalue weighted by Gasteiger charge is -2.07. The number of hydrogen-bond donors (Lipinski definition) is 0. The lowest BCUT2D eigenvalue weighted by Crippen LogP contribution is -2.15. The van der Waals surface area contributed by atoms with Gasteiger partial charge in [-0.25, -0.2) is 9.78 Å². The lowest BCUT2D eigenvalue weighted by atomic mass is 10.2. The zero-order chi connectivity index (χ0) is 15.7. The molecule has 0 saturated carbocycles. The van der Waals surface area contributed by atoms with Gasteiger partial charge in [0, 0.05) is 17.6 Å². The van der Waals surface area contributed by atoms with Gasteiger partial charge in [0.2, 0.25) is 0 Å². The van der Waals surface area contributed by atoms with Crippen LogP contribution in [0.2, 0.25) is 10.0 Å². The fourth-order valence-corrected chi connectivity index (χ4v) is 3.16. The van der Waals surface area contributed by atoms with Crippen LogP contribution in [0.1, 0.15) is 16.1 Å². The summed E-state index contributed by atoms with van der Waals surface area (Å²) < 4.78 is 6.56. The highest BCUT2D eigenvalue weighted by atomic mass is 35.5. The minimum Gasteiger partial charge on any atom is -0.455 e. The molecule has 0 saturated heterocycles. The van der Waals surface area contributed by atoms with Gasteiger partial charge in [0.05, 0.1) is 21.3 Å². The predicted molar refractivity (Wildman–Crippen MR) is 84.9 cm³/mol. The molecule has 8 heteroatoms. The Morgan fingerprint density at radius 1 is 1.32 bits per heavy atom. The van der Waals surface area contributed by atoms with Gasteiger partial charge in [-0.05, 0) is 12.1 Å². The second-order valence-electron chi connectivity index (χ2n) is 4.31. The predicted octanol–water partition coefficient (Wildman–Crippen LogP) is 3.42. The molecule has 0 aliphatic heterocycles. The number of hydrogen-bond acceptors (Lipinski definition) is 5. The van der Waals surface area contributed by atoms with Crippen molar-refractivity contribution >= 4 is 45.5 Å². The Hall–Kier alpha value is -1.89. The number of carbonyl (C=O) groups is 1. The highest BCUT2D eigenvalue weighted by Gasteiger charge is 2.16. The van der Waals surface area contributed by atoms with Crippen molar-refractivity contribution in [3.8, 4) is 0 Å². The van der Waals surface area contributed by atoms with E-state index in [4.69, 9.17) is 27.9 Å². The fourth-order valence-electron chi connectivity index (χ4n) is 1.87. The van der Waals surface area contributed by atoms with Gasteiger partial charge in [-0.2, -0.15) is 0 Å². The van der Waals surface area contributed by atoms with E-state index in [1.54, 1.807) is 29.8 Å². The van der Waals surface area contributed by atoms with E-state index in [1.807, 2.05) is 0 Å². The number of fused-ring (bicyclic) bond motifs is 1. The minimum absolute atomic E-state index is 0.0970. The van der Waals surface area contributed by atoms with Crippen LogP contribution in [0.5, 0.6) is 0 Å². The number of nitrogens with zero attached hydrogens (tertiary/aromatic N) is 2. The molecule has 22 heavy (non-hydrogen) atoms. The maximum atomic E-state index is 12.1. The standard InChI is InChI=1S/C14H8Cl2N2O3S/c15-9-2-1-3-10(16)12(9)13(20)21-7-8-6-11(19)18-4-5-22-14(18)17-8/h1-6H,7H2. The van der Waals surface area contributed by atoms with Crippen LogP contribution in [-0.2, 0) is 11.3 Å². The molecule has 112 valence electrons. The topological polar surface area (TPSA) is 60.7 Å². The van der Waals surface area contributed by atoms with Crippen molar-refractivity contribution in [1.82, 2.24) is 9.38 Å². The third-order valence-corrected chi connectivity index (χ3v) is 4.26. The molecule has 0 fully saturated rings. The third-order valence-electron chi connectivity index (χ3n) is 2.87. The van der Waals surface area contributed by atoms with E-state index >= 15 is 0 Å². The molecule has 0 aliphatic carbocycles. The Morgan fingerprint density at radius 3 is 2.77 bits per heavy atom. The van der Waals surface area contributed by atoms with Gasteiger partial charge in [0.25, 0.3) is 5.56 Å². The average molecular weight is 355 g/mol.